The molecule has 0 bridgehead atoms. The first-order chi connectivity index (χ1) is 6.56. The molecule has 0 aliphatic heterocycles. The van der Waals surface area contributed by atoms with Crippen LogP contribution >= 0.6 is 12.4 Å². The first kappa shape index (κ1) is 14.2. The molecule has 0 saturated heterocycles. The van der Waals surface area contributed by atoms with Crippen LogP contribution in [0.3, 0.4) is 0 Å². The third-order valence-electron chi connectivity index (χ3n) is 1.84. The molecule has 0 amide bonds. The third kappa shape index (κ3) is 3.35. The van der Waals surface area contributed by atoms with Crippen molar-refractivity contribution in [3.63, 3.8) is 0 Å². The first-order valence-electron chi connectivity index (χ1n) is 4.02. The first-order valence-corrected chi connectivity index (χ1v) is 4.02. The summed E-state index contributed by atoms with van der Waals surface area (Å²) in [6.45, 7) is -0.765. The van der Waals surface area contributed by atoms with E-state index in [-0.39, 0.29) is 24.4 Å². The van der Waals surface area contributed by atoms with Gasteiger partial charge in [0, 0.05) is 17.7 Å². The fourth-order valence-corrected chi connectivity index (χ4v) is 1.12. The molecule has 0 aliphatic rings. The molecule has 86 valence electrons. The topological polar surface area (TPSA) is 26.0 Å². The predicted molar refractivity (Wildman–Crippen MR) is 51.1 cm³/mol. The molecular weight excluding hydrogens is 234 g/mol. The Bertz CT molecular complexity index is 332. The Balaban J connectivity index is 0.00000196. The number of rotatable bonds is 3. The van der Waals surface area contributed by atoms with Gasteiger partial charge < -0.3 is 5.73 Å². The summed E-state index contributed by atoms with van der Waals surface area (Å²) in [7, 11) is 0. The number of hydrogen-bond donors (Lipinski definition) is 1. The fraction of sp³-hybridized carbons (Fsp3) is 0.333. The van der Waals surface area contributed by atoms with E-state index in [0.717, 1.165) is 6.07 Å². The minimum atomic E-state index is -1.31. The zero-order valence-corrected chi connectivity index (χ0v) is 8.46. The van der Waals surface area contributed by atoms with Crippen LogP contribution in [0, 0.1) is 17.5 Å². The van der Waals surface area contributed by atoms with Gasteiger partial charge in [-0.2, -0.15) is 0 Å². The van der Waals surface area contributed by atoms with Crippen LogP contribution in [0.25, 0.3) is 0 Å². The van der Waals surface area contributed by atoms with E-state index >= 15 is 0 Å². The highest BCUT2D eigenvalue weighted by molar-refractivity contribution is 5.85. The minimum absolute atomic E-state index is 0. The van der Waals surface area contributed by atoms with Crippen LogP contribution in [0.5, 0.6) is 0 Å². The van der Waals surface area contributed by atoms with Gasteiger partial charge in [0.2, 0.25) is 0 Å². The quantitative estimate of drug-likeness (QED) is 0.641. The highest BCUT2D eigenvalue weighted by Gasteiger charge is 2.16. The number of hydrogen-bond acceptors (Lipinski definition) is 1. The maximum Gasteiger partial charge on any atom is 0.163 e. The van der Waals surface area contributed by atoms with Crippen LogP contribution in [0.15, 0.2) is 12.1 Å². The Morgan fingerprint density at radius 3 is 2.33 bits per heavy atom. The van der Waals surface area contributed by atoms with Crippen molar-refractivity contribution in [2.45, 2.75) is 12.5 Å². The maximum absolute atomic E-state index is 13.0. The maximum atomic E-state index is 13.0. The third-order valence-corrected chi connectivity index (χ3v) is 1.84. The molecule has 6 heteroatoms. The van der Waals surface area contributed by atoms with Crippen molar-refractivity contribution in [3.8, 4) is 0 Å². The Kier molecular flexibility index (Phi) is 5.60. The number of alkyl halides is 1. The number of halogens is 5. The fourth-order valence-electron chi connectivity index (χ4n) is 1.12. The van der Waals surface area contributed by atoms with Crippen molar-refractivity contribution >= 4 is 12.4 Å². The van der Waals surface area contributed by atoms with Crippen molar-refractivity contribution in [1.82, 2.24) is 0 Å². The van der Waals surface area contributed by atoms with Crippen LogP contribution in [-0.2, 0) is 0 Å². The Hall–Kier alpha value is -0.810. The summed E-state index contributed by atoms with van der Waals surface area (Å²) in [4.78, 5) is 0. The van der Waals surface area contributed by atoms with E-state index in [1.807, 2.05) is 0 Å². The van der Waals surface area contributed by atoms with Crippen molar-refractivity contribution in [2.24, 2.45) is 5.73 Å². The van der Waals surface area contributed by atoms with Gasteiger partial charge in [0.15, 0.2) is 11.6 Å². The van der Waals surface area contributed by atoms with Crippen LogP contribution in [0.4, 0.5) is 17.6 Å². The summed E-state index contributed by atoms with van der Waals surface area (Å²) in [5, 5.41) is 0. The van der Waals surface area contributed by atoms with E-state index in [1.165, 1.54) is 0 Å². The highest BCUT2D eigenvalue weighted by atomic mass is 35.5. The molecule has 0 spiro atoms. The zero-order valence-electron chi connectivity index (χ0n) is 7.64. The molecule has 0 saturated carbocycles. The minimum Gasteiger partial charge on any atom is -0.324 e. The SMILES string of the molecule is Cl.N[C@H](CCF)c1cc(F)cc(F)c1F. The van der Waals surface area contributed by atoms with Gasteiger partial charge in [0.1, 0.15) is 5.82 Å². The molecule has 0 fully saturated rings. The number of nitrogens with two attached hydrogens (primary N) is 1. The van der Waals surface area contributed by atoms with E-state index < -0.39 is 30.2 Å². The summed E-state index contributed by atoms with van der Waals surface area (Å²) in [6.07, 6.45) is -0.167. The smallest absolute Gasteiger partial charge is 0.163 e. The molecule has 1 rings (SSSR count). The molecule has 0 aromatic heterocycles. The van der Waals surface area contributed by atoms with E-state index in [4.69, 9.17) is 5.73 Å². The van der Waals surface area contributed by atoms with E-state index in [2.05, 4.69) is 0 Å². The van der Waals surface area contributed by atoms with Crippen LogP contribution in [0.2, 0.25) is 0 Å². The predicted octanol–water partition coefficient (Wildman–Crippen LogP) is 2.89. The van der Waals surface area contributed by atoms with E-state index in [1.54, 1.807) is 0 Å². The van der Waals surface area contributed by atoms with Gasteiger partial charge in [-0.15, -0.1) is 12.4 Å². The van der Waals surface area contributed by atoms with Gasteiger partial charge in [0.25, 0.3) is 0 Å². The van der Waals surface area contributed by atoms with Crippen LogP contribution < -0.4 is 5.73 Å². The van der Waals surface area contributed by atoms with Crippen molar-refractivity contribution < 1.29 is 17.6 Å². The van der Waals surface area contributed by atoms with E-state index in [9.17, 15) is 17.6 Å². The van der Waals surface area contributed by atoms with Gasteiger partial charge in [-0.05, 0) is 12.5 Å². The second kappa shape index (κ2) is 5.92. The summed E-state index contributed by atoms with van der Waals surface area (Å²) < 4.78 is 50.2. The lowest BCUT2D eigenvalue weighted by atomic mass is 10.0. The van der Waals surface area contributed by atoms with Crippen LogP contribution in [0.1, 0.15) is 18.0 Å². The van der Waals surface area contributed by atoms with Gasteiger partial charge in [0.05, 0.1) is 6.67 Å². The molecule has 1 atom stereocenters. The molecule has 0 radical (unpaired) electrons. The Morgan fingerprint density at radius 1 is 1.20 bits per heavy atom. The molecule has 15 heavy (non-hydrogen) atoms. The zero-order chi connectivity index (χ0) is 10.7. The Morgan fingerprint density at radius 2 is 1.80 bits per heavy atom. The lowest BCUT2D eigenvalue weighted by Gasteiger charge is -2.11. The summed E-state index contributed by atoms with van der Waals surface area (Å²) in [5.74, 6) is -3.45. The van der Waals surface area contributed by atoms with Gasteiger partial charge in [-0.3, -0.25) is 4.39 Å². The normalized spacial score (nSPS) is 12.1. The second-order valence-electron chi connectivity index (χ2n) is 2.87. The molecular formula is C9H10ClF4N. The van der Waals surface area contributed by atoms with Crippen molar-refractivity contribution in [1.29, 1.82) is 0 Å². The summed E-state index contributed by atoms with van der Waals surface area (Å²) in [5.41, 5.74) is 5.00. The second-order valence-corrected chi connectivity index (χ2v) is 2.87. The summed E-state index contributed by atoms with van der Waals surface area (Å²) >= 11 is 0. The number of benzene rings is 1. The lowest BCUT2D eigenvalue weighted by molar-refractivity contribution is 0.423. The molecule has 0 aliphatic carbocycles. The van der Waals surface area contributed by atoms with Crippen LogP contribution in [-0.4, -0.2) is 6.67 Å². The lowest BCUT2D eigenvalue weighted by Crippen LogP contribution is -2.14. The van der Waals surface area contributed by atoms with E-state index in [0.29, 0.717) is 6.07 Å². The average Bonchev–Trinajstić information content (AvgIpc) is 2.11. The van der Waals surface area contributed by atoms with Crippen molar-refractivity contribution in [3.05, 3.63) is 35.1 Å². The van der Waals surface area contributed by atoms with Crippen molar-refractivity contribution in [2.75, 3.05) is 6.67 Å². The molecule has 1 nitrogen and oxygen atoms in total. The highest BCUT2D eigenvalue weighted by Crippen LogP contribution is 2.21. The largest absolute Gasteiger partial charge is 0.324 e. The Labute approximate surface area is 90.7 Å². The van der Waals surface area contributed by atoms with Gasteiger partial charge in [-0.1, -0.05) is 0 Å². The molecule has 2 N–H and O–H groups in total. The molecule has 1 aromatic carbocycles. The van der Waals surface area contributed by atoms with Gasteiger partial charge >= 0.3 is 0 Å². The average molecular weight is 244 g/mol. The molecule has 0 heterocycles. The molecule has 1 aromatic rings. The van der Waals surface area contributed by atoms with Gasteiger partial charge in [-0.25, -0.2) is 13.2 Å². The standard InChI is InChI=1S/C9H9F4N.ClH/c10-2-1-8(14)6-3-5(11)4-7(12)9(6)13;/h3-4,8H,1-2,14H2;1H/t8-;/m1./s1. The molecule has 0 unspecified atom stereocenters. The monoisotopic (exact) mass is 243 g/mol. The summed E-state index contributed by atoms with van der Waals surface area (Å²) in [6, 6.07) is 0.171.